The SMILES string of the molecule is CCCN(Cc1ccccc1)C(=O)c1cc(S(=O)(=O)N2CCOCC2)ccc1C. The summed E-state index contributed by atoms with van der Waals surface area (Å²) in [5, 5.41) is 0. The Morgan fingerprint density at radius 3 is 2.45 bits per heavy atom. The minimum Gasteiger partial charge on any atom is -0.379 e. The van der Waals surface area contributed by atoms with E-state index in [2.05, 4.69) is 0 Å². The Labute approximate surface area is 173 Å². The second-order valence-corrected chi connectivity index (χ2v) is 9.14. The molecule has 1 heterocycles. The Balaban J connectivity index is 1.90. The highest BCUT2D eigenvalue weighted by atomic mass is 32.2. The van der Waals surface area contributed by atoms with Crippen molar-refractivity contribution < 1.29 is 17.9 Å². The lowest BCUT2D eigenvalue weighted by atomic mass is 10.1. The summed E-state index contributed by atoms with van der Waals surface area (Å²) in [5.74, 6) is -0.146. The minimum atomic E-state index is -3.65. The topological polar surface area (TPSA) is 66.9 Å². The number of ether oxygens (including phenoxy) is 1. The molecule has 0 spiro atoms. The Hall–Kier alpha value is -2.22. The quantitative estimate of drug-likeness (QED) is 0.696. The number of nitrogens with zero attached hydrogens (tertiary/aromatic N) is 2. The monoisotopic (exact) mass is 416 g/mol. The van der Waals surface area contributed by atoms with E-state index in [1.807, 2.05) is 44.2 Å². The van der Waals surface area contributed by atoms with Crippen LogP contribution in [0.3, 0.4) is 0 Å². The number of carbonyl (C=O) groups excluding carboxylic acids is 1. The molecule has 0 atom stereocenters. The third-order valence-electron chi connectivity index (χ3n) is 5.04. The van der Waals surface area contributed by atoms with E-state index in [1.165, 1.54) is 10.4 Å². The van der Waals surface area contributed by atoms with Gasteiger partial charge in [-0.2, -0.15) is 4.31 Å². The summed E-state index contributed by atoms with van der Waals surface area (Å²) in [4.78, 5) is 15.3. The standard InChI is InChI=1S/C22H28N2O4S/c1-3-11-23(17-19-7-5-4-6-8-19)22(25)21-16-20(10-9-18(21)2)29(26,27)24-12-14-28-15-13-24/h4-10,16H,3,11-15,17H2,1-2H3. The van der Waals surface area contributed by atoms with Crippen LogP contribution in [-0.2, 0) is 21.3 Å². The summed E-state index contributed by atoms with van der Waals surface area (Å²) in [5.41, 5.74) is 2.25. The average molecular weight is 417 g/mol. The van der Waals surface area contributed by atoms with Crippen molar-refractivity contribution in [3.63, 3.8) is 0 Å². The maximum absolute atomic E-state index is 13.3. The molecule has 1 aliphatic rings. The van der Waals surface area contributed by atoms with Gasteiger partial charge in [-0.3, -0.25) is 4.79 Å². The number of sulfonamides is 1. The van der Waals surface area contributed by atoms with Crippen molar-refractivity contribution in [3.05, 3.63) is 65.2 Å². The molecule has 29 heavy (non-hydrogen) atoms. The van der Waals surface area contributed by atoms with Crippen LogP contribution >= 0.6 is 0 Å². The Morgan fingerprint density at radius 2 is 1.79 bits per heavy atom. The first-order valence-electron chi connectivity index (χ1n) is 9.95. The Kier molecular flexibility index (Phi) is 7.05. The van der Waals surface area contributed by atoms with Crippen LogP contribution in [0.5, 0.6) is 0 Å². The van der Waals surface area contributed by atoms with E-state index < -0.39 is 10.0 Å². The van der Waals surface area contributed by atoms with E-state index >= 15 is 0 Å². The molecule has 0 radical (unpaired) electrons. The minimum absolute atomic E-state index is 0.146. The number of rotatable bonds is 7. The van der Waals surface area contributed by atoms with Crippen molar-refractivity contribution >= 4 is 15.9 Å². The molecule has 0 N–H and O–H groups in total. The molecule has 1 saturated heterocycles. The summed E-state index contributed by atoms with van der Waals surface area (Å²) >= 11 is 0. The molecule has 0 aliphatic carbocycles. The van der Waals surface area contributed by atoms with Crippen molar-refractivity contribution in [3.8, 4) is 0 Å². The van der Waals surface area contributed by atoms with Crippen molar-refractivity contribution in [1.82, 2.24) is 9.21 Å². The van der Waals surface area contributed by atoms with Crippen LogP contribution < -0.4 is 0 Å². The molecule has 0 unspecified atom stereocenters. The van der Waals surface area contributed by atoms with Crippen molar-refractivity contribution in [2.45, 2.75) is 31.7 Å². The summed E-state index contributed by atoms with van der Waals surface area (Å²) in [7, 11) is -3.65. The van der Waals surface area contributed by atoms with Gasteiger partial charge >= 0.3 is 0 Å². The number of carbonyl (C=O) groups is 1. The van der Waals surface area contributed by atoms with Crippen molar-refractivity contribution in [2.24, 2.45) is 0 Å². The third-order valence-corrected chi connectivity index (χ3v) is 6.94. The van der Waals surface area contributed by atoms with E-state index in [-0.39, 0.29) is 10.8 Å². The van der Waals surface area contributed by atoms with Gasteiger partial charge in [0.05, 0.1) is 18.1 Å². The molecule has 1 fully saturated rings. The highest BCUT2D eigenvalue weighted by molar-refractivity contribution is 7.89. The van der Waals surface area contributed by atoms with Gasteiger partial charge < -0.3 is 9.64 Å². The first kappa shape index (κ1) is 21.5. The fraction of sp³-hybridized carbons (Fsp3) is 0.409. The van der Waals surface area contributed by atoms with Crippen LogP contribution in [0.2, 0.25) is 0 Å². The Morgan fingerprint density at radius 1 is 1.10 bits per heavy atom. The average Bonchev–Trinajstić information content (AvgIpc) is 2.74. The van der Waals surface area contributed by atoms with Gasteiger partial charge in [0, 0.05) is 31.7 Å². The van der Waals surface area contributed by atoms with E-state index in [1.54, 1.807) is 17.0 Å². The van der Waals surface area contributed by atoms with Gasteiger partial charge in [-0.05, 0) is 36.6 Å². The van der Waals surface area contributed by atoms with Crippen LogP contribution in [0.1, 0.15) is 34.8 Å². The van der Waals surface area contributed by atoms with Gasteiger partial charge in [0.25, 0.3) is 5.91 Å². The molecule has 1 amide bonds. The van der Waals surface area contributed by atoms with Gasteiger partial charge in [0.2, 0.25) is 10.0 Å². The molecule has 6 nitrogen and oxygen atoms in total. The highest BCUT2D eigenvalue weighted by Crippen LogP contribution is 2.22. The van der Waals surface area contributed by atoms with Gasteiger partial charge in [0.15, 0.2) is 0 Å². The maximum atomic E-state index is 13.3. The van der Waals surface area contributed by atoms with Gasteiger partial charge in [-0.15, -0.1) is 0 Å². The zero-order valence-electron chi connectivity index (χ0n) is 17.0. The maximum Gasteiger partial charge on any atom is 0.254 e. The van der Waals surface area contributed by atoms with Gasteiger partial charge in [-0.1, -0.05) is 43.3 Å². The molecule has 0 bridgehead atoms. The van der Waals surface area contributed by atoms with Crippen LogP contribution in [0.15, 0.2) is 53.4 Å². The lowest BCUT2D eigenvalue weighted by molar-refractivity contribution is 0.0728. The molecule has 7 heteroatoms. The first-order chi connectivity index (χ1) is 13.9. The molecule has 2 aromatic carbocycles. The molecule has 156 valence electrons. The van der Waals surface area contributed by atoms with Crippen LogP contribution in [0.4, 0.5) is 0 Å². The lowest BCUT2D eigenvalue weighted by Gasteiger charge is -2.27. The van der Waals surface area contributed by atoms with Crippen molar-refractivity contribution in [1.29, 1.82) is 0 Å². The normalized spacial score (nSPS) is 15.2. The second kappa shape index (κ2) is 9.52. The second-order valence-electron chi connectivity index (χ2n) is 7.21. The summed E-state index contributed by atoms with van der Waals surface area (Å²) in [6.45, 7) is 6.39. The predicted molar refractivity (Wildman–Crippen MR) is 112 cm³/mol. The number of morpholine rings is 1. The molecule has 0 saturated carbocycles. The van der Waals surface area contributed by atoms with E-state index in [9.17, 15) is 13.2 Å². The van der Waals surface area contributed by atoms with Crippen LogP contribution in [-0.4, -0.2) is 56.4 Å². The van der Waals surface area contributed by atoms with Crippen molar-refractivity contribution in [2.75, 3.05) is 32.8 Å². The van der Waals surface area contributed by atoms with Gasteiger partial charge in [0.1, 0.15) is 0 Å². The molecule has 2 aromatic rings. The highest BCUT2D eigenvalue weighted by Gasteiger charge is 2.28. The predicted octanol–water partition coefficient (Wildman–Crippen LogP) is 3.07. The van der Waals surface area contributed by atoms with E-state index in [0.29, 0.717) is 45.0 Å². The molecule has 3 rings (SSSR count). The molecular weight excluding hydrogens is 388 g/mol. The number of hydrogen-bond acceptors (Lipinski definition) is 4. The summed E-state index contributed by atoms with van der Waals surface area (Å²) in [6.07, 6.45) is 0.823. The summed E-state index contributed by atoms with van der Waals surface area (Å²) < 4.78 is 32.7. The third kappa shape index (κ3) is 5.04. The number of amides is 1. The van der Waals surface area contributed by atoms with E-state index in [4.69, 9.17) is 4.74 Å². The van der Waals surface area contributed by atoms with Gasteiger partial charge in [-0.25, -0.2) is 8.42 Å². The fourth-order valence-electron chi connectivity index (χ4n) is 3.42. The first-order valence-corrected chi connectivity index (χ1v) is 11.4. The molecule has 1 aliphatic heterocycles. The number of hydrogen-bond donors (Lipinski definition) is 0. The zero-order valence-corrected chi connectivity index (χ0v) is 17.8. The molecular formula is C22H28N2O4S. The summed E-state index contributed by atoms with van der Waals surface area (Å²) in [6, 6.07) is 14.6. The smallest absolute Gasteiger partial charge is 0.254 e. The molecule has 0 aromatic heterocycles. The lowest BCUT2D eigenvalue weighted by Crippen LogP contribution is -2.40. The number of benzene rings is 2. The van der Waals surface area contributed by atoms with Crippen LogP contribution in [0, 0.1) is 6.92 Å². The Bertz CT molecular complexity index is 939. The van der Waals surface area contributed by atoms with E-state index in [0.717, 1.165) is 17.5 Å². The fourth-order valence-corrected chi connectivity index (χ4v) is 4.86. The van der Waals surface area contributed by atoms with Crippen LogP contribution in [0.25, 0.3) is 0 Å². The number of aryl methyl sites for hydroxylation is 1. The largest absolute Gasteiger partial charge is 0.379 e. The zero-order chi connectivity index (χ0) is 20.9.